The van der Waals surface area contributed by atoms with Gasteiger partial charge in [-0.05, 0) is 98.6 Å². The first-order chi connectivity index (χ1) is 30.2. The average Bonchev–Trinajstić information content (AvgIpc) is 3.94. The Morgan fingerprint density at radius 1 is 0.952 bits per heavy atom. The summed E-state index contributed by atoms with van der Waals surface area (Å²) in [5.41, 5.74) is -1.62. The molecule has 5 aliphatic heterocycles. The van der Waals surface area contributed by atoms with E-state index < -0.39 is 57.5 Å². The molecule has 1 aromatic heterocycles. The predicted molar refractivity (Wildman–Crippen MR) is 241 cm³/mol. The quantitative estimate of drug-likeness (QED) is 0.102. The monoisotopic (exact) mass is 884 g/mol. The number of nitrogens with one attached hydrogen (secondary N) is 1. The highest BCUT2D eigenvalue weighted by Gasteiger charge is 2.80. The maximum absolute atomic E-state index is 15.5. The molecule has 2 unspecified atom stereocenters. The van der Waals surface area contributed by atoms with Crippen LogP contribution in [0.3, 0.4) is 0 Å². The zero-order valence-corrected chi connectivity index (χ0v) is 38.9. The number of ether oxygens (including phenoxy) is 4. The molecule has 1 spiro atoms. The van der Waals surface area contributed by atoms with E-state index in [9.17, 15) is 19.8 Å². The topological polar surface area (TPSA) is 154 Å². The Labute approximate surface area is 374 Å². The molecule has 1 aliphatic carbocycles. The highest BCUT2D eigenvalue weighted by atomic mass is 32.2. The molecule has 2 bridgehead atoms. The van der Waals surface area contributed by atoms with Crippen molar-refractivity contribution >= 4 is 46.3 Å². The van der Waals surface area contributed by atoms with Crippen molar-refractivity contribution < 1.29 is 43.5 Å². The van der Waals surface area contributed by atoms with Gasteiger partial charge in [0.05, 0.1) is 33.0 Å². The summed E-state index contributed by atoms with van der Waals surface area (Å²) < 4.78 is 24.1. The molecule has 0 amide bonds. The van der Waals surface area contributed by atoms with E-state index in [1.807, 2.05) is 43.6 Å². The Hall–Kier alpha value is -4.08. The van der Waals surface area contributed by atoms with Crippen molar-refractivity contribution in [3.8, 4) is 5.75 Å². The van der Waals surface area contributed by atoms with Crippen LogP contribution in [0.4, 0.5) is 5.69 Å². The predicted octanol–water partition coefficient (Wildman–Crippen LogP) is 5.49. The molecule has 0 radical (unpaired) electrons. The molecule has 13 nitrogen and oxygen atoms in total. The summed E-state index contributed by atoms with van der Waals surface area (Å²) in [6.45, 7) is 10.8. The van der Waals surface area contributed by atoms with Crippen molar-refractivity contribution in [1.82, 2.24) is 14.8 Å². The number of aromatic amines is 1. The number of rotatable bonds is 10. The van der Waals surface area contributed by atoms with Gasteiger partial charge in [-0.15, -0.1) is 11.8 Å². The molecule has 14 heteroatoms. The molecule has 3 N–H and O–H groups in total. The van der Waals surface area contributed by atoms with Gasteiger partial charge in [-0.25, -0.2) is 4.79 Å². The van der Waals surface area contributed by atoms with Crippen LogP contribution in [0.1, 0.15) is 88.6 Å². The highest BCUT2D eigenvalue weighted by Crippen LogP contribution is 2.68. The second kappa shape index (κ2) is 15.8. The van der Waals surface area contributed by atoms with Crippen molar-refractivity contribution in [2.24, 2.45) is 11.3 Å². The van der Waals surface area contributed by atoms with Gasteiger partial charge in [0.15, 0.2) is 6.10 Å². The molecule has 6 heterocycles. The first-order valence-corrected chi connectivity index (χ1v) is 23.8. The van der Waals surface area contributed by atoms with E-state index in [0.29, 0.717) is 82.6 Å². The van der Waals surface area contributed by atoms with Gasteiger partial charge in [0.2, 0.25) is 5.60 Å². The standard InChI is InChI=1S/C49H64N4O9S/c1-9-21-63-31-13-14-36-33(22-31)32-15-19-52-27-30(25-45(57,10-2)28-52)26-48(39(32)50-36,43(55)60-7)35-23-34-37(24-38(35)59-6)51(5)41-47(34)17-20-53-18-12-16-46(11-3,40(47)53)42(62-29(4)54)49(41,58)44(56)61-8/h12-14,16,22-24,30,40-42,50,57-58H,9-11,15,17-21,25-28H2,1-8H3/t30-,40+,41?,42-,45+,46-,47-,48+,49+/m1/s1. The van der Waals surface area contributed by atoms with Gasteiger partial charge >= 0.3 is 17.9 Å². The minimum atomic E-state index is -2.31. The fourth-order valence-electron chi connectivity index (χ4n) is 13.8. The average molecular weight is 885 g/mol. The van der Waals surface area contributed by atoms with E-state index in [4.69, 9.17) is 18.9 Å². The zero-order valence-electron chi connectivity index (χ0n) is 38.0. The van der Waals surface area contributed by atoms with Crippen LogP contribution in [-0.2, 0) is 45.8 Å². The molecule has 2 aromatic carbocycles. The number of aliphatic hydroxyl groups is 2. The number of likely N-dealkylation sites (N-methyl/N-ethyl adjacent to an activating group) is 1. The van der Waals surface area contributed by atoms with Gasteiger partial charge in [0, 0.05) is 95.8 Å². The minimum Gasteiger partial charge on any atom is -0.496 e. The number of piperidine rings is 1. The van der Waals surface area contributed by atoms with Crippen LogP contribution in [0.2, 0.25) is 0 Å². The maximum atomic E-state index is 15.5. The summed E-state index contributed by atoms with van der Waals surface area (Å²) in [5, 5.41) is 26.6. The number of carbonyl (C=O) groups is 3. The third kappa shape index (κ3) is 6.13. The van der Waals surface area contributed by atoms with Crippen molar-refractivity contribution in [2.45, 2.75) is 118 Å². The lowest BCUT2D eigenvalue weighted by Crippen LogP contribution is -2.81. The Morgan fingerprint density at radius 3 is 2.41 bits per heavy atom. The van der Waals surface area contributed by atoms with Crippen molar-refractivity contribution in [1.29, 1.82) is 0 Å². The normalized spacial score (nSPS) is 35.4. The summed E-state index contributed by atoms with van der Waals surface area (Å²) in [6.07, 6.45) is 6.98. The van der Waals surface area contributed by atoms with E-state index in [-0.39, 0.29) is 12.0 Å². The van der Waals surface area contributed by atoms with Crippen LogP contribution < -0.4 is 9.64 Å². The van der Waals surface area contributed by atoms with Crippen LogP contribution in [0.25, 0.3) is 10.9 Å². The number of carbonyl (C=O) groups excluding carboxylic acids is 3. The molecule has 2 saturated heterocycles. The number of hydrogen-bond donors (Lipinski definition) is 3. The number of H-pyrrole nitrogens is 1. The van der Waals surface area contributed by atoms with Gasteiger partial charge in [-0.2, -0.15) is 0 Å². The minimum absolute atomic E-state index is 0.107. The highest BCUT2D eigenvalue weighted by molar-refractivity contribution is 7.99. The summed E-state index contributed by atoms with van der Waals surface area (Å²) in [5.74, 6) is -0.575. The molecular formula is C49H64N4O9S. The van der Waals surface area contributed by atoms with Crippen molar-refractivity contribution in [2.75, 3.05) is 71.8 Å². The smallest absolute Gasteiger partial charge is 0.344 e. The molecule has 340 valence electrons. The number of aromatic nitrogens is 1. The van der Waals surface area contributed by atoms with Crippen LogP contribution in [0, 0.1) is 11.3 Å². The Balaban J connectivity index is 1.36. The fourth-order valence-corrected chi connectivity index (χ4v) is 14.6. The number of anilines is 1. The number of methoxy groups -OCH3 is 3. The summed E-state index contributed by atoms with van der Waals surface area (Å²) in [7, 11) is 6.19. The summed E-state index contributed by atoms with van der Waals surface area (Å²) in [6, 6.07) is 9.34. The van der Waals surface area contributed by atoms with Crippen LogP contribution in [0.15, 0.2) is 47.4 Å². The van der Waals surface area contributed by atoms with Crippen molar-refractivity contribution in [3.05, 3.63) is 64.9 Å². The molecule has 6 aliphatic rings. The Morgan fingerprint density at radius 2 is 1.73 bits per heavy atom. The first kappa shape index (κ1) is 44.1. The molecule has 10 atom stereocenters. The lowest BCUT2D eigenvalue weighted by molar-refractivity contribution is -0.228. The van der Waals surface area contributed by atoms with E-state index in [2.05, 4.69) is 58.1 Å². The second-order valence-corrected chi connectivity index (χ2v) is 20.4. The summed E-state index contributed by atoms with van der Waals surface area (Å²) >= 11 is 1.82. The van der Waals surface area contributed by atoms with Crippen molar-refractivity contribution in [3.63, 3.8) is 0 Å². The van der Waals surface area contributed by atoms with E-state index in [1.54, 1.807) is 7.11 Å². The number of nitrogens with zero attached hydrogens (tertiary/aromatic N) is 3. The number of benzene rings is 2. The maximum Gasteiger partial charge on any atom is 0.344 e. The first-order valence-electron chi connectivity index (χ1n) is 22.8. The molecule has 1 saturated carbocycles. The molecule has 3 fully saturated rings. The van der Waals surface area contributed by atoms with Gasteiger partial charge in [-0.3, -0.25) is 19.4 Å². The van der Waals surface area contributed by atoms with E-state index in [0.717, 1.165) is 50.5 Å². The third-order valence-electron chi connectivity index (χ3n) is 16.1. The lowest BCUT2D eigenvalue weighted by atomic mass is 9.47. The summed E-state index contributed by atoms with van der Waals surface area (Å²) in [4.78, 5) is 54.8. The van der Waals surface area contributed by atoms with Crippen LogP contribution >= 0.6 is 11.8 Å². The molecule has 9 rings (SSSR count). The number of esters is 3. The number of thioether (sulfide) groups is 1. The van der Waals surface area contributed by atoms with Gasteiger partial charge in [-0.1, -0.05) is 32.9 Å². The van der Waals surface area contributed by atoms with Gasteiger partial charge < -0.3 is 39.0 Å². The zero-order chi connectivity index (χ0) is 44.9. The Kier molecular flexibility index (Phi) is 11.1. The lowest BCUT2D eigenvalue weighted by Gasteiger charge is -2.63. The fraction of sp³-hybridized carbons (Fsp3) is 0.612. The molecule has 63 heavy (non-hydrogen) atoms. The SMILES string of the molecule is CCCSc1ccc2[nH]c3c(c2c1)CCN1C[C@H](C[C@@](O)(CC)C1)C[C@]3(C(=O)OC)c1cc2c(cc1OC)N(C)C1[C@]23CCN2CC=C[C@@](CC)([C@@H](OC(C)=O)[C@]1(O)C(=O)OC)[C@H]23. The second-order valence-electron chi connectivity index (χ2n) is 19.2. The number of fused-ring (bicyclic) bond motifs is 6. The largest absolute Gasteiger partial charge is 0.496 e. The van der Waals surface area contributed by atoms with E-state index in [1.165, 1.54) is 21.1 Å². The molecule has 3 aromatic rings. The third-order valence-corrected chi connectivity index (χ3v) is 17.3. The molecular weight excluding hydrogens is 821 g/mol. The van der Waals surface area contributed by atoms with Gasteiger partial charge in [0.25, 0.3) is 0 Å². The Bertz CT molecular complexity index is 2370. The van der Waals surface area contributed by atoms with Gasteiger partial charge in [0.1, 0.15) is 11.2 Å². The van der Waals surface area contributed by atoms with Crippen LogP contribution in [-0.4, -0.2) is 139 Å². The number of hydrogen-bond acceptors (Lipinski definition) is 13. The van der Waals surface area contributed by atoms with Crippen LogP contribution in [0.5, 0.6) is 5.75 Å². The van der Waals surface area contributed by atoms with E-state index >= 15 is 4.79 Å².